The van der Waals surface area contributed by atoms with Crippen LogP contribution in [0.4, 0.5) is 5.95 Å². The lowest BCUT2D eigenvalue weighted by Crippen LogP contribution is -2.21. The molecule has 0 aromatic carbocycles. The van der Waals surface area contributed by atoms with Gasteiger partial charge in [0.25, 0.3) is 5.56 Å². The van der Waals surface area contributed by atoms with Crippen molar-refractivity contribution < 1.29 is 0 Å². The van der Waals surface area contributed by atoms with Crippen molar-refractivity contribution in [3.05, 3.63) is 21.6 Å². The van der Waals surface area contributed by atoms with E-state index in [-0.39, 0.29) is 23.3 Å². The monoisotopic (exact) mass is 195 g/mol. The molecule has 0 saturated heterocycles. The molecule has 78 valence electrons. The summed E-state index contributed by atoms with van der Waals surface area (Å²) in [5.41, 5.74) is 6.94. The van der Waals surface area contributed by atoms with Crippen LogP contribution in [0.2, 0.25) is 0 Å². The molecule has 14 heavy (non-hydrogen) atoms. The molecule has 0 unspecified atom stereocenters. The van der Waals surface area contributed by atoms with E-state index in [4.69, 9.17) is 5.73 Å². The number of rotatable bonds is 2. The van der Waals surface area contributed by atoms with Crippen LogP contribution in [0.1, 0.15) is 50.8 Å². The van der Waals surface area contributed by atoms with Crippen LogP contribution in [0.3, 0.4) is 0 Å². The summed E-state index contributed by atoms with van der Waals surface area (Å²) in [6, 6.07) is 0. The van der Waals surface area contributed by atoms with Gasteiger partial charge < -0.3 is 5.73 Å². The summed E-state index contributed by atoms with van der Waals surface area (Å²) < 4.78 is 0. The number of aromatic nitrogens is 2. The summed E-state index contributed by atoms with van der Waals surface area (Å²) in [5, 5.41) is 0. The second-order valence-electron chi connectivity index (χ2n) is 4.06. The molecule has 0 bridgehead atoms. The number of H-pyrrole nitrogens is 1. The predicted octanol–water partition coefficient (Wildman–Crippen LogP) is 1.60. The van der Waals surface area contributed by atoms with Gasteiger partial charge in [-0.1, -0.05) is 27.7 Å². The number of aromatic amines is 1. The van der Waals surface area contributed by atoms with Crippen molar-refractivity contribution in [2.75, 3.05) is 5.73 Å². The molecule has 4 heteroatoms. The highest BCUT2D eigenvalue weighted by molar-refractivity contribution is 5.29. The first-order chi connectivity index (χ1) is 6.43. The van der Waals surface area contributed by atoms with Crippen LogP contribution in [0.15, 0.2) is 4.79 Å². The third-order valence-electron chi connectivity index (χ3n) is 2.13. The molecule has 3 N–H and O–H groups in total. The van der Waals surface area contributed by atoms with Crippen LogP contribution in [-0.4, -0.2) is 9.97 Å². The zero-order chi connectivity index (χ0) is 10.9. The number of nitrogens with two attached hydrogens (primary N) is 1. The van der Waals surface area contributed by atoms with Gasteiger partial charge >= 0.3 is 0 Å². The fraction of sp³-hybridized carbons (Fsp3) is 0.600. The van der Waals surface area contributed by atoms with E-state index < -0.39 is 0 Å². The summed E-state index contributed by atoms with van der Waals surface area (Å²) in [6.45, 7) is 7.98. The number of nitrogen functional groups attached to an aromatic ring is 1. The van der Waals surface area contributed by atoms with Gasteiger partial charge in [0, 0.05) is 5.56 Å². The van der Waals surface area contributed by atoms with Crippen LogP contribution in [0.25, 0.3) is 0 Å². The maximum atomic E-state index is 11.6. The average Bonchev–Trinajstić information content (AvgIpc) is 2.01. The van der Waals surface area contributed by atoms with Crippen LogP contribution >= 0.6 is 0 Å². The Morgan fingerprint density at radius 3 is 2.21 bits per heavy atom. The van der Waals surface area contributed by atoms with Crippen LogP contribution in [0, 0.1) is 0 Å². The minimum atomic E-state index is -0.115. The van der Waals surface area contributed by atoms with Gasteiger partial charge in [-0.25, -0.2) is 4.98 Å². The lowest BCUT2D eigenvalue weighted by Gasteiger charge is -2.13. The quantitative estimate of drug-likeness (QED) is 0.752. The Balaban J connectivity index is 3.45. The van der Waals surface area contributed by atoms with Crippen molar-refractivity contribution in [1.29, 1.82) is 0 Å². The van der Waals surface area contributed by atoms with Crippen molar-refractivity contribution in [3.8, 4) is 0 Å². The molecule has 4 nitrogen and oxygen atoms in total. The fourth-order valence-corrected chi connectivity index (χ4v) is 1.52. The molecule has 0 amide bonds. The molecule has 0 spiro atoms. The van der Waals surface area contributed by atoms with Gasteiger partial charge in [-0.05, 0) is 11.8 Å². The summed E-state index contributed by atoms with van der Waals surface area (Å²) in [4.78, 5) is 18.3. The minimum Gasteiger partial charge on any atom is -0.369 e. The van der Waals surface area contributed by atoms with E-state index in [1.54, 1.807) is 0 Å². The van der Waals surface area contributed by atoms with Crippen molar-refractivity contribution in [2.45, 2.75) is 39.5 Å². The maximum Gasteiger partial charge on any atom is 0.255 e. The molecular weight excluding hydrogens is 178 g/mol. The molecule has 0 aliphatic heterocycles. The van der Waals surface area contributed by atoms with Gasteiger partial charge in [0.05, 0.1) is 5.69 Å². The molecule has 0 atom stereocenters. The Morgan fingerprint density at radius 1 is 1.21 bits per heavy atom. The Kier molecular flexibility index (Phi) is 2.93. The zero-order valence-corrected chi connectivity index (χ0v) is 9.09. The molecule has 0 radical (unpaired) electrons. The third kappa shape index (κ3) is 1.95. The molecule has 0 aliphatic carbocycles. The van der Waals surface area contributed by atoms with E-state index in [1.807, 2.05) is 27.7 Å². The van der Waals surface area contributed by atoms with Gasteiger partial charge in [-0.2, -0.15) is 0 Å². The lowest BCUT2D eigenvalue weighted by atomic mass is 9.97. The smallest absolute Gasteiger partial charge is 0.255 e. The highest BCUT2D eigenvalue weighted by atomic mass is 16.1. The Morgan fingerprint density at radius 2 is 1.79 bits per heavy atom. The molecular formula is C10H17N3O. The summed E-state index contributed by atoms with van der Waals surface area (Å²) >= 11 is 0. The molecule has 0 aliphatic rings. The van der Waals surface area contributed by atoms with Crippen LogP contribution in [0.5, 0.6) is 0 Å². The number of hydrogen-bond acceptors (Lipinski definition) is 3. The van der Waals surface area contributed by atoms with E-state index in [9.17, 15) is 4.79 Å². The number of anilines is 1. The first-order valence-corrected chi connectivity index (χ1v) is 4.83. The number of hydrogen-bond donors (Lipinski definition) is 2. The molecule has 0 fully saturated rings. The Labute approximate surface area is 83.6 Å². The van der Waals surface area contributed by atoms with Crippen LogP contribution < -0.4 is 11.3 Å². The minimum absolute atomic E-state index is 0.115. The summed E-state index contributed by atoms with van der Waals surface area (Å²) in [6.07, 6.45) is 0. The Bertz CT molecular complexity index is 379. The van der Waals surface area contributed by atoms with E-state index in [1.165, 1.54) is 0 Å². The number of nitrogens with zero attached hydrogens (tertiary/aromatic N) is 1. The standard InChI is InChI=1S/C10H17N3O/c1-5(2)7-8(6(3)4)12-10(11)13-9(7)14/h5-6H,1-4H3,(H3,11,12,13,14). The third-order valence-corrected chi connectivity index (χ3v) is 2.13. The van der Waals surface area contributed by atoms with E-state index in [0.717, 1.165) is 11.3 Å². The maximum absolute atomic E-state index is 11.6. The van der Waals surface area contributed by atoms with Gasteiger partial charge in [0.1, 0.15) is 0 Å². The van der Waals surface area contributed by atoms with Crippen molar-refractivity contribution >= 4 is 5.95 Å². The molecule has 0 saturated carbocycles. The Hall–Kier alpha value is -1.32. The highest BCUT2D eigenvalue weighted by Gasteiger charge is 2.16. The normalized spacial score (nSPS) is 11.3. The molecule has 1 aromatic heterocycles. The average molecular weight is 195 g/mol. The molecule has 1 heterocycles. The van der Waals surface area contributed by atoms with Gasteiger partial charge in [-0.15, -0.1) is 0 Å². The number of nitrogens with one attached hydrogen (secondary N) is 1. The molecule has 1 rings (SSSR count). The van der Waals surface area contributed by atoms with Gasteiger partial charge in [0.15, 0.2) is 0 Å². The lowest BCUT2D eigenvalue weighted by molar-refractivity contribution is 0.739. The zero-order valence-electron chi connectivity index (χ0n) is 9.09. The van der Waals surface area contributed by atoms with Crippen LogP contribution in [-0.2, 0) is 0 Å². The predicted molar refractivity (Wildman–Crippen MR) is 57.4 cm³/mol. The second kappa shape index (κ2) is 3.82. The molecule has 1 aromatic rings. The second-order valence-corrected chi connectivity index (χ2v) is 4.06. The van der Waals surface area contributed by atoms with E-state index in [0.29, 0.717) is 0 Å². The summed E-state index contributed by atoms with van der Waals surface area (Å²) in [7, 11) is 0. The SMILES string of the molecule is CC(C)c1nc(N)[nH]c(=O)c1C(C)C. The topological polar surface area (TPSA) is 71.8 Å². The largest absolute Gasteiger partial charge is 0.369 e. The highest BCUT2D eigenvalue weighted by Crippen LogP contribution is 2.20. The van der Waals surface area contributed by atoms with E-state index in [2.05, 4.69) is 9.97 Å². The fourth-order valence-electron chi connectivity index (χ4n) is 1.52. The first kappa shape index (κ1) is 10.8. The van der Waals surface area contributed by atoms with Gasteiger partial charge in [0.2, 0.25) is 5.95 Å². The van der Waals surface area contributed by atoms with E-state index >= 15 is 0 Å². The van der Waals surface area contributed by atoms with Gasteiger partial charge in [-0.3, -0.25) is 9.78 Å². The summed E-state index contributed by atoms with van der Waals surface area (Å²) in [5.74, 6) is 0.587. The first-order valence-electron chi connectivity index (χ1n) is 4.83. The van der Waals surface area contributed by atoms with Crippen molar-refractivity contribution in [1.82, 2.24) is 9.97 Å². The van der Waals surface area contributed by atoms with Crippen molar-refractivity contribution in [3.63, 3.8) is 0 Å². The van der Waals surface area contributed by atoms with Crippen molar-refractivity contribution in [2.24, 2.45) is 0 Å².